The first-order valence-electron chi connectivity index (χ1n) is 17.5. The molecule has 3 aliphatic carbocycles. The lowest BCUT2D eigenvalue weighted by Crippen LogP contribution is -2.15. The zero-order chi connectivity index (χ0) is 33.8. The van der Waals surface area contributed by atoms with E-state index in [-0.39, 0.29) is 10.8 Å². The molecule has 0 aliphatic heterocycles. The van der Waals surface area contributed by atoms with Crippen molar-refractivity contribution in [3.05, 3.63) is 173 Å². The zero-order valence-corrected chi connectivity index (χ0v) is 28.7. The first kappa shape index (κ1) is 29.1. The second-order valence-electron chi connectivity index (χ2n) is 14.9. The summed E-state index contributed by atoms with van der Waals surface area (Å²) in [5.41, 5.74) is 16.3. The van der Waals surface area contributed by atoms with E-state index >= 15 is 0 Å². The van der Waals surface area contributed by atoms with Gasteiger partial charge in [0.15, 0.2) is 0 Å². The molecule has 5 aromatic carbocycles. The van der Waals surface area contributed by atoms with E-state index in [1.807, 2.05) is 0 Å². The van der Waals surface area contributed by atoms with Crippen LogP contribution in [0.15, 0.2) is 148 Å². The molecule has 240 valence electrons. The van der Waals surface area contributed by atoms with Crippen LogP contribution in [0.25, 0.3) is 72.9 Å². The van der Waals surface area contributed by atoms with Crippen LogP contribution in [0.2, 0.25) is 0 Å². The molecule has 0 saturated carbocycles. The van der Waals surface area contributed by atoms with Gasteiger partial charge in [-0.2, -0.15) is 0 Å². The summed E-state index contributed by atoms with van der Waals surface area (Å²) in [6.07, 6.45) is 17.2. The lowest BCUT2D eigenvalue weighted by molar-refractivity contribution is 0.602. The van der Waals surface area contributed by atoms with Crippen molar-refractivity contribution in [3.63, 3.8) is 0 Å². The number of hydrogen-bond donors (Lipinski definition) is 0. The van der Waals surface area contributed by atoms with E-state index in [2.05, 4.69) is 173 Å². The number of rotatable bonds is 1. The molecule has 0 amide bonds. The van der Waals surface area contributed by atoms with Crippen LogP contribution in [0.4, 0.5) is 0 Å². The number of fused-ring (bicyclic) bond motifs is 11. The van der Waals surface area contributed by atoms with E-state index in [1.54, 1.807) is 0 Å². The highest BCUT2D eigenvalue weighted by molar-refractivity contribution is 6.14. The van der Waals surface area contributed by atoms with Crippen molar-refractivity contribution in [3.8, 4) is 22.3 Å². The highest BCUT2D eigenvalue weighted by atomic mass is 16.3. The molecule has 2 nitrogen and oxygen atoms in total. The molecule has 0 saturated heterocycles. The van der Waals surface area contributed by atoms with Crippen molar-refractivity contribution in [1.82, 2.24) is 0 Å². The van der Waals surface area contributed by atoms with Gasteiger partial charge in [-0.1, -0.05) is 149 Å². The molecule has 2 aromatic heterocycles. The minimum absolute atomic E-state index is 0.0657. The molecular weight excluding hydrogens is 609 g/mol. The minimum Gasteiger partial charge on any atom is -0.456 e. The molecular formula is C48H36O2. The number of para-hydroxylation sites is 1. The third-order valence-electron chi connectivity index (χ3n) is 11.4. The fourth-order valence-corrected chi connectivity index (χ4v) is 8.78. The lowest BCUT2D eigenvalue weighted by Gasteiger charge is -2.22. The molecule has 0 bridgehead atoms. The Morgan fingerprint density at radius 3 is 2.00 bits per heavy atom. The normalized spacial score (nSPS) is 19.3. The lowest BCUT2D eigenvalue weighted by atomic mass is 9.81. The summed E-state index contributed by atoms with van der Waals surface area (Å²) in [6, 6.07) is 35.3. The molecule has 0 spiro atoms. The first-order chi connectivity index (χ1) is 24.3. The molecule has 50 heavy (non-hydrogen) atoms. The summed E-state index contributed by atoms with van der Waals surface area (Å²) < 4.78 is 13.4. The van der Waals surface area contributed by atoms with Gasteiger partial charge in [-0.15, -0.1) is 0 Å². The second kappa shape index (κ2) is 10.3. The van der Waals surface area contributed by atoms with Crippen LogP contribution in [-0.2, 0) is 10.8 Å². The van der Waals surface area contributed by atoms with Crippen molar-refractivity contribution < 1.29 is 8.83 Å². The summed E-state index contributed by atoms with van der Waals surface area (Å²) in [5.74, 6) is 0.836. The number of allylic oxidation sites excluding steroid dienone is 8. The summed E-state index contributed by atoms with van der Waals surface area (Å²) in [6.45, 7) is 9.28. The predicted octanol–water partition coefficient (Wildman–Crippen LogP) is 13.2. The largest absolute Gasteiger partial charge is 0.456 e. The van der Waals surface area contributed by atoms with Gasteiger partial charge in [0.25, 0.3) is 0 Å². The molecule has 10 rings (SSSR count). The zero-order valence-electron chi connectivity index (χ0n) is 28.7. The second-order valence-corrected chi connectivity index (χ2v) is 14.9. The first-order valence-corrected chi connectivity index (χ1v) is 17.5. The Balaban J connectivity index is 1.12. The monoisotopic (exact) mass is 644 g/mol. The molecule has 0 unspecified atom stereocenters. The highest BCUT2D eigenvalue weighted by Crippen LogP contribution is 2.51. The number of furan rings is 2. The Labute approximate surface area is 292 Å². The maximum absolute atomic E-state index is 6.73. The Morgan fingerprint density at radius 1 is 0.460 bits per heavy atom. The number of hydrogen-bond acceptors (Lipinski definition) is 2. The molecule has 0 radical (unpaired) electrons. The van der Waals surface area contributed by atoms with Gasteiger partial charge in [0, 0.05) is 44.2 Å². The molecule has 0 atom stereocenters. The molecule has 7 aromatic rings. The van der Waals surface area contributed by atoms with E-state index in [9.17, 15) is 0 Å². The summed E-state index contributed by atoms with van der Waals surface area (Å²) in [5, 5.41) is 3.26. The molecule has 3 aliphatic rings. The fraction of sp³-hybridized carbons (Fsp3) is 0.125. The van der Waals surface area contributed by atoms with Gasteiger partial charge >= 0.3 is 0 Å². The standard InChI is InChI=1S/C48H36O2/c1-47(2)39-20-11-9-14-31(39)33-24-25-43-35(16-7-5-6-8-19-41(33)47)37-27-38-36-18-13-17-30(46(36)50-45(38)28-44(37)49-43)29-22-23-34-32-15-10-12-21-40(32)48(3,4)42(34)26-29/h5-28H,1-4H3/b6-5+,7-5?,8-6?,16-7-,19-8+,25-24-,33-24?,35-16?,41-19?,43-25?. The Morgan fingerprint density at radius 2 is 1.16 bits per heavy atom. The summed E-state index contributed by atoms with van der Waals surface area (Å²) in [4.78, 5) is 0. The van der Waals surface area contributed by atoms with Crippen LogP contribution in [-0.4, -0.2) is 0 Å². The average molecular weight is 645 g/mol. The summed E-state index contributed by atoms with van der Waals surface area (Å²) in [7, 11) is 0. The third kappa shape index (κ3) is 4.02. The van der Waals surface area contributed by atoms with Crippen molar-refractivity contribution in [2.24, 2.45) is 0 Å². The average Bonchev–Trinajstić information content (AvgIpc) is 3.79. The molecule has 0 N–H and O–H groups in total. The maximum atomic E-state index is 6.73. The van der Waals surface area contributed by atoms with Crippen LogP contribution < -0.4 is 0 Å². The number of benzene rings is 5. The smallest absolute Gasteiger partial charge is 0.143 e. The van der Waals surface area contributed by atoms with Gasteiger partial charge in [0.1, 0.15) is 22.5 Å². The van der Waals surface area contributed by atoms with Gasteiger partial charge in [-0.3, -0.25) is 0 Å². The predicted molar refractivity (Wildman–Crippen MR) is 209 cm³/mol. The van der Waals surface area contributed by atoms with E-state index in [1.165, 1.54) is 50.1 Å². The van der Waals surface area contributed by atoms with E-state index < -0.39 is 0 Å². The van der Waals surface area contributed by atoms with E-state index in [0.29, 0.717) is 0 Å². The molecule has 2 heterocycles. The fourth-order valence-electron chi connectivity index (χ4n) is 8.78. The third-order valence-corrected chi connectivity index (χ3v) is 11.4. The molecule has 0 fully saturated rings. The van der Waals surface area contributed by atoms with Gasteiger partial charge in [0.05, 0.1) is 0 Å². The Bertz CT molecular complexity index is 2740. The van der Waals surface area contributed by atoms with Crippen LogP contribution in [0.1, 0.15) is 61.3 Å². The Kier molecular flexibility index (Phi) is 6.01. The Hall–Kier alpha value is -5.86. The van der Waals surface area contributed by atoms with Crippen LogP contribution >= 0.6 is 0 Å². The van der Waals surface area contributed by atoms with E-state index in [0.717, 1.165) is 49.8 Å². The van der Waals surface area contributed by atoms with Gasteiger partial charge < -0.3 is 8.83 Å². The van der Waals surface area contributed by atoms with Gasteiger partial charge in [0.2, 0.25) is 0 Å². The minimum atomic E-state index is -0.0946. The quantitative estimate of drug-likeness (QED) is 0.178. The SMILES string of the molecule is CC1(C)C2=C(/C=C\c3oc4cc5oc6c(-c7ccc8c(c7)C(C)(C)c7ccccc7-8)cccc6c5cc4c3\C=C/C=C/C=C/2)c2ccccc21. The van der Waals surface area contributed by atoms with Gasteiger partial charge in [-0.25, -0.2) is 0 Å². The topological polar surface area (TPSA) is 26.3 Å². The van der Waals surface area contributed by atoms with Crippen molar-refractivity contribution in [1.29, 1.82) is 0 Å². The highest BCUT2D eigenvalue weighted by Gasteiger charge is 2.36. The van der Waals surface area contributed by atoms with Crippen molar-refractivity contribution >= 4 is 50.6 Å². The van der Waals surface area contributed by atoms with Crippen molar-refractivity contribution in [2.45, 2.75) is 38.5 Å². The van der Waals surface area contributed by atoms with Crippen LogP contribution in [0.3, 0.4) is 0 Å². The van der Waals surface area contributed by atoms with Gasteiger partial charge in [-0.05, 0) is 68.3 Å². The molecule has 2 heteroatoms. The van der Waals surface area contributed by atoms with Crippen molar-refractivity contribution in [2.75, 3.05) is 0 Å². The summed E-state index contributed by atoms with van der Waals surface area (Å²) >= 11 is 0. The maximum Gasteiger partial charge on any atom is 0.143 e. The van der Waals surface area contributed by atoms with Crippen LogP contribution in [0.5, 0.6) is 0 Å². The van der Waals surface area contributed by atoms with Crippen LogP contribution in [0, 0.1) is 0 Å². The van der Waals surface area contributed by atoms with E-state index in [4.69, 9.17) is 8.83 Å².